The number of amides is 1. The van der Waals surface area contributed by atoms with E-state index in [0.717, 1.165) is 30.7 Å². The van der Waals surface area contributed by atoms with Crippen molar-refractivity contribution in [1.82, 2.24) is 10.3 Å². The lowest BCUT2D eigenvalue weighted by atomic mass is 10.2. The van der Waals surface area contributed by atoms with Crippen molar-refractivity contribution in [2.75, 3.05) is 13.7 Å². The molecule has 118 valence electrons. The number of methoxy groups -OCH3 is 1. The monoisotopic (exact) mass is 302 g/mol. The van der Waals surface area contributed by atoms with E-state index >= 15 is 0 Å². The summed E-state index contributed by atoms with van der Waals surface area (Å²) < 4.78 is 10.8. The van der Waals surface area contributed by atoms with Crippen LogP contribution in [0.2, 0.25) is 0 Å². The van der Waals surface area contributed by atoms with E-state index in [-0.39, 0.29) is 5.91 Å². The number of unbranched alkanes of at least 4 members (excludes halogenated alkanes) is 1. The molecule has 0 aliphatic carbocycles. The number of carbonyl (C=O) groups excluding carboxylic acids is 1. The van der Waals surface area contributed by atoms with Gasteiger partial charge in [-0.25, -0.2) is 4.98 Å². The fraction of sp³-hybridized carbons (Fsp3) is 0.412. The van der Waals surface area contributed by atoms with Crippen LogP contribution in [0, 0.1) is 0 Å². The van der Waals surface area contributed by atoms with E-state index in [1.807, 2.05) is 24.3 Å². The van der Waals surface area contributed by atoms with E-state index in [2.05, 4.69) is 17.2 Å². The average molecular weight is 302 g/mol. The number of aryl methyl sites for hydroxylation is 1. The van der Waals surface area contributed by atoms with E-state index in [9.17, 15) is 4.79 Å². The van der Waals surface area contributed by atoms with Crippen LogP contribution >= 0.6 is 0 Å². The normalized spacial score (nSPS) is 10.5. The molecule has 0 spiro atoms. The highest BCUT2D eigenvalue weighted by atomic mass is 16.5. The molecule has 22 heavy (non-hydrogen) atoms. The number of nitrogens with zero attached hydrogens (tertiary/aromatic N) is 1. The summed E-state index contributed by atoms with van der Waals surface area (Å²) in [6.45, 7) is 2.83. The quantitative estimate of drug-likeness (QED) is 0.761. The largest absolute Gasteiger partial charge is 0.497 e. The second-order valence-electron chi connectivity index (χ2n) is 5.05. The number of benzene rings is 1. The summed E-state index contributed by atoms with van der Waals surface area (Å²) in [7, 11) is 1.63. The van der Waals surface area contributed by atoms with Gasteiger partial charge in [-0.15, -0.1) is 0 Å². The molecule has 0 unspecified atom stereocenters. The molecule has 0 saturated carbocycles. The zero-order valence-corrected chi connectivity index (χ0v) is 13.1. The van der Waals surface area contributed by atoms with Crippen LogP contribution in [0.15, 0.2) is 34.9 Å². The van der Waals surface area contributed by atoms with Crippen LogP contribution in [0.1, 0.15) is 32.1 Å². The highest BCUT2D eigenvalue weighted by Crippen LogP contribution is 2.23. The van der Waals surface area contributed by atoms with Crippen molar-refractivity contribution in [3.8, 4) is 17.1 Å². The summed E-state index contributed by atoms with van der Waals surface area (Å²) in [5, 5.41) is 2.88. The first-order valence-corrected chi connectivity index (χ1v) is 7.58. The van der Waals surface area contributed by atoms with Gasteiger partial charge in [0.05, 0.1) is 13.3 Å². The summed E-state index contributed by atoms with van der Waals surface area (Å²) in [6, 6.07) is 7.58. The Hall–Kier alpha value is -2.30. The second-order valence-corrected chi connectivity index (χ2v) is 5.05. The van der Waals surface area contributed by atoms with Crippen LogP contribution in [0.25, 0.3) is 11.3 Å². The highest BCUT2D eigenvalue weighted by molar-refractivity contribution is 5.76. The Morgan fingerprint density at radius 2 is 2.09 bits per heavy atom. The van der Waals surface area contributed by atoms with E-state index in [0.29, 0.717) is 24.5 Å². The predicted octanol–water partition coefficient (Wildman–Crippen LogP) is 3.20. The van der Waals surface area contributed by atoms with Crippen molar-refractivity contribution < 1.29 is 13.9 Å². The molecule has 2 aromatic rings. The van der Waals surface area contributed by atoms with Crippen LogP contribution in [-0.4, -0.2) is 24.5 Å². The lowest BCUT2D eigenvalue weighted by Crippen LogP contribution is -2.24. The third-order valence-electron chi connectivity index (χ3n) is 3.35. The first-order valence-electron chi connectivity index (χ1n) is 7.58. The molecule has 0 saturated heterocycles. The lowest BCUT2D eigenvalue weighted by Gasteiger charge is -2.02. The zero-order chi connectivity index (χ0) is 15.8. The van der Waals surface area contributed by atoms with Gasteiger partial charge in [-0.05, 0) is 30.7 Å². The number of hydrogen-bond acceptors (Lipinski definition) is 4. The Labute approximate surface area is 130 Å². The fourth-order valence-electron chi connectivity index (χ4n) is 2.03. The van der Waals surface area contributed by atoms with E-state index in [4.69, 9.17) is 9.15 Å². The van der Waals surface area contributed by atoms with Gasteiger partial charge in [0, 0.05) is 24.9 Å². The summed E-state index contributed by atoms with van der Waals surface area (Å²) >= 11 is 0. The van der Waals surface area contributed by atoms with E-state index < -0.39 is 0 Å². The predicted molar refractivity (Wildman–Crippen MR) is 84.7 cm³/mol. The van der Waals surface area contributed by atoms with Gasteiger partial charge in [-0.1, -0.05) is 13.3 Å². The molecule has 0 bridgehead atoms. The maximum absolute atomic E-state index is 11.6. The van der Waals surface area contributed by atoms with Crippen LogP contribution in [0.3, 0.4) is 0 Å². The van der Waals surface area contributed by atoms with Crippen molar-refractivity contribution in [1.29, 1.82) is 0 Å². The molecule has 0 aliphatic rings. The van der Waals surface area contributed by atoms with Gasteiger partial charge >= 0.3 is 0 Å². The topological polar surface area (TPSA) is 64.4 Å². The Bertz CT molecular complexity index is 590. The van der Waals surface area contributed by atoms with Crippen molar-refractivity contribution in [3.05, 3.63) is 36.4 Å². The number of nitrogens with one attached hydrogen (secondary N) is 1. The highest BCUT2D eigenvalue weighted by Gasteiger charge is 2.09. The lowest BCUT2D eigenvalue weighted by molar-refractivity contribution is -0.121. The second kappa shape index (κ2) is 8.22. The summed E-state index contributed by atoms with van der Waals surface area (Å²) in [5.41, 5.74) is 0.937. The van der Waals surface area contributed by atoms with Gasteiger partial charge in [0.2, 0.25) is 5.91 Å². The minimum atomic E-state index is 0.0395. The van der Waals surface area contributed by atoms with Crippen LogP contribution in [0.5, 0.6) is 5.75 Å². The van der Waals surface area contributed by atoms with Crippen molar-refractivity contribution in [3.63, 3.8) is 0 Å². The Balaban J connectivity index is 1.86. The molecule has 1 heterocycles. The molecule has 0 atom stereocenters. The smallest absolute Gasteiger partial charge is 0.220 e. The number of aromatic nitrogens is 1. The van der Waals surface area contributed by atoms with E-state index in [1.165, 1.54) is 0 Å². The first kappa shape index (κ1) is 16.1. The van der Waals surface area contributed by atoms with Gasteiger partial charge < -0.3 is 14.5 Å². The average Bonchev–Trinajstić information content (AvgIpc) is 3.02. The van der Waals surface area contributed by atoms with Crippen molar-refractivity contribution in [2.45, 2.75) is 32.6 Å². The molecule has 5 heteroatoms. The number of hydrogen-bond donors (Lipinski definition) is 1. The van der Waals surface area contributed by atoms with Crippen LogP contribution in [-0.2, 0) is 11.2 Å². The molecular formula is C17H22N2O3. The molecular weight excluding hydrogens is 280 g/mol. The van der Waals surface area contributed by atoms with Gasteiger partial charge in [-0.3, -0.25) is 4.79 Å². The third kappa shape index (κ3) is 4.62. The SMILES string of the molecule is CCCCNC(=O)CCc1ncc(-c2ccc(OC)cc2)o1. The Kier molecular flexibility index (Phi) is 6.01. The standard InChI is InChI=1S/C17H22N2O3/c1-3-4-11-18-16(20)9-10-17-19-12-15(22-17)13-5-7-14(21-2)8-6-13/h5-8,12H,3-4,9-11H2,1-2H3,(H,18,20). The molecule has 1 aromatic heterocycles. The maximum Gasteiger partial charge on any atom is 0.220 e. The van der Waals surface area contributed by atoms with Gasteiger partial charge in [0.1, 0.15) is 5.75 Å². The molecule has 1 aromatic carbocycles. The Morgan fingerprint density at radius 3 is 2.77 bits per heavy atom. The van der Waals surface area contributed by atoms with Gasteiger partial charge in [0.15, 0.2) is 11.7 Å². The molecule has 2 rings (SSSR count). The minimum absolute atomic E-state index is 0.0395. The van der Waals surface area contributed by atoms with Crippen LogP contribution < -0.4 is 10.1 Å². The molecule has 1 amide bonds. The van der Waals surface area contributed by atoms with Crippen molar-refractivity contribution >= 4 is 5.91 Å². The molecule has 0 aliphatic heterocycles. The number of rotatable bonds is 8. The molecule has 0 fully saturated rings. The minimum Gasteiger partial charge on any atom is -0.497 e. The fourth-order valence-corrected chi connectivity index (χ4v) is 2.03. The third-order valence-corrected chi connectivity index (χ3v) is 3.35. The number of carbonyl (C=O) groups is 1. The van der Waals surface area contributed by atoms with Gasteiger partial charge in [0.25, 0.3) is 0 Å². The zero-order valence-electron chi connectivity index (χ0n) is 13.1. The Morgan fingerprint density at radius 1 is 1.32 bits per heavy atom. The van der Waals surface area contributed by atoms with E-state index in [1.54, 1.807) is 13.3 Å². The summed E-state index contributed by atoms with van der Waals surface area (Å²) in [6.07, 6.45) is 4.67. The molecule has 0 radical (unpaired) electrons. The van der Waals surface area contributed by atoms with Crippen molar-refractivity contribution in [2.24, 2.45) is 0 Å². The van der Waals surface area contributed by atoms with Crippen LogP contribution in [0.4, 0.5) is 0 Å². The van der Waals surface area contributed by atoms with Gasteiger partial charge in [-0.2, -0.15) is 0 Å². The molecule has 1 N–H and O–H groups in total. The summed E-state index contributed by atoms with van der Waals surface area (Å²) in [4.78, 5) is 15.9. The summed E-state index contributed by atoms with van der Waals surface area (Å²) in [5.74, 6) is 2.12. The first-order chi connectivity index (χ1) is 10.7. The number of ether oxygens (including phenoxy) is 1. The maximum atomic E-state index is 11.6. The number of oxazole rings is 1. The molecule has 5 nitrogen and oxygen atoms in total.